The average molecular weight is 226 g/mol. The summed E-state index contributed by atoms with van der Waals surface area (Å²) >= 11 is -2.76. The Bertz CT molecular complexity index is 24.3. The van der Waals surface area contributed by atoms with Gasteiger partial charge in [0, 0.05) is 0 Å². The van der Waals surface area contributed by atoms with Crippen LogP contribution in [0, 0.1) is 0 Å². The van der Waals surface area contributed by atoms with Crippen molar-refractivity contribution < 1.29 is 14.0 Å². The zero-order valence-corrected chi connectivity index (χ0v) is 6.00. The Morgan fingerprint density at radius 3 is 1.17 bits per heavy atom. The maximum absolute atomic E-state index is 5.00. The van der Waals surface area contributed by atoms with Crippen LogP contribution in [0.3, 0.4) is 0 Å². The topological polar surface area (TPSA) is 87.0 Å². The Kier molecular flexibility index (Phi) is 5.37. The van der Waals surface area contributed by atoms with Crippen molar-refractivity contribution in [2.24, 2.45) is 8.73 Å². The van der Waals surface area contributed by atoms with E-state index in [2.05, 4.69) is 0 Å². The van der Waals surface area contributed by atoms with Crippen molar-refractivity contribution in [3.05, 3.63) is 0 Å². The number of halogens is 2. The summed E-state index contributed by atoms with van der Waals surface area (Å²) in [4.78, 5) is 0. The van der Waals surface area contributed by atoms with E-state index < -0.39 is 14.0 Å². The predicted molar refractivity (Wildman–Crippen MR) is 25.1 cm³/mol. The Balaban J connectivity index is 0. The minimum absolute atomic E-state index is 0. The van der Waals surface area contributed by atoms with Gasteiger partial charge < -0.3 is 6.15 Å². The second kappa shape index (κ2) is 3.17. The summed E-state index contributed by atoms with van der Waals surface area (Å²) in [7, 11) is 10.0. The molecule has 0 aromatic rings. The summed E-state index contributed by atoms with van der Waals surface area (Å²) in [5, 5.41) is 0. The van der Waals surface area contributed by atoms with E-state index in [9.17, 15) is 0 Å². The van der Waals surface area contributed by atoms with Gasteiger partial charge in [0.25, 0.3) is 0 Å². The molecule has 6 heteroatoms. The molecule has 0 radical (unpaired) electrons. The van der Waals surface area contributed by atoms with Crippen molar-refractivity contribution in [2.45, 2.75) is 0 Å². The fraction of sp³-hybridized carbons (Fsp3) is 0. The molecule has 0 atom stereocenters. The third-order valence-electron chi connectivity index (χ3n) is 0. The molecule has 0 saturated heterocycles. The molecule has 0 bridgehead atoms. The van der Waals surface area contributed by atoms with Gasteiger partial charge in [-0.2, -0.15) is 0 Å². The van der Waals surface area contributed by atoms with Crippen LogP contribution in [-0.2, 0) is 14.0 Å². The third kappa shape index (κ3) is 69.1. The maximum atomic E-state index is 5.00. The molecule has 0 saturated carbocycles. The van der Waals surface area contributed by atoms with E-state index in [4.69, 9.17) is 27.8 Å². The summed E-state index contributed by atoms with van der Waals surface area (Å²) in [6, 6.07) is 0. The van der Waals surface area contributed by atoms with Gasteiger partial charge in [0.1, 0.15) is 0 Å². The van der Waals surface area contributed by atoms with E-state index in [-0.39, 0.29) is 6.15 Å². The first-order valence-corrected chi connectivity index (χ1v) is 6.40. The molecular formula is H7Cl2N3Pd. The first-order chi connectivity index (χ1) is 2.00. The van der Waals surface area contributed by atoms with Gasteiger partial charge in [-0.25, -0.2) is 0 Å². The van der Waals surface area contributed by atoms with Gasteiger partial charge in [-0.1, -0.05) is 0 Å². The molecule has 0 aliphatic carbocycles. The van der Waals surface area contributed by atoms with Gasteiger partial charge in [-0.15, -0.1) is 0 Å². The van der Waals surface area contributed by atoms with Crippen molar-refractivity contribution in [3.8, 4) is 0 Å². The van der Waals surface area contributed by atoms with Crippen LogP contribution in [0.4, 0.5) is 0 Å². The van der Waals surface area contributed by atoms with E-state index in [0.29, 0.717) is 0 Å². The quantitative estimate of drug-likeness (QED) is 0.521. The molecule has 0 amide bonds. The van der Waals surface area contributed by atoms with Gasteiger partial charge >= 0.3 is 41.8 Å². The monoisotopic (exact) mass is 225 g/mol. The van der Waals surface area contributed by atoms with E-state index in [0.717, 1.165) is 0 Å². The molecule has 0 aromatic carbocycles. The fourth-order valence-corrected chi connectivity index (χ4v) is 0. The molecule has 6 heavy (non-hydrogen) atoms. The standard InChI is InChI=1S/2ClH.H3N.2H2N.Pd/h2*1H;1H3;2*1H2;/q;;;2*-1;+4/p-2. The summed E-state index contributed by atoms with van der Waals surface area (Å²) in [5.74, 6) is 0. The molecule has 46 valence electrons. The third-order valence-corrected chi connectivity index (χ3v) is 0. The SMILES string of the molecule is N.[NH2][Pd]([NH2])([Cl])[Cl]. The number of nitrogens with two attached hydrogens (primary N) is 2. The summed E-state index contributed by atoms with van der Waals surface area (Å²) in [5.41, 5.74) is 0. The number of rotatable bonds is 0. The molecule has 0 unspecified atom stereocenters. The molecule has 0 heterocycles. The van der Waals surface area contributed by atoms with E-state index >= 15 is 0 Å². The Hall–Kier alpha value is 1.12. The van der Waals surface area contributed by atoms with Crippen LogP contribution in [0.15, 0.2) is 0 Å². The van der Waals surface area contributed by atoms with Gasteiger partial charge in [0.2, 0.25) is 0 Å². The Morgan fingerprint density at radius 1 is 1.17 bits per heavy atom. The van der Waals surface area contributed by atoms with Gasteiger partial charge in [0.05, 0.1) is 0 Å². The first-order valence-electron chi connectivity index (χ1n) is 0.604. The van der Waals surface area contributed by atoms with Gasteiger partial charge in [-0.05, 0) is 0 Å². The van der Waals surface area contributed by atoms with Gasteiger partial charge in [0.15, 0.2) is 0 Å². The predicted octanol–water partition coefficient (Wildman–Crippen LogP) is 0.357. The second-order valence-electron chi connectivity index (χ2n) is 0.427. The Labute approximate surface area is 48.1 Å². The van der Waals surface area contributed by atoms with E-state index in [1.807, 2.05) is 0 Å². The van der Waals surface area contributed by atoms with Crippen LogP contribution >= 0.6 is 19.1 Å². The van der Waals surface area contributed by atoms with Crippen molar-refractivity contribution >= 4 is 19.1 Å². The number of hydrogen-bond donors (Lipinski definition) is 3. The summed E-state index contributed by atoms with van der Waals surface area (Å²) in [6.07, 6.45) is 0. The molecule has 0 rings (SSSR count). The van der Waals surface area contributed by atoms with Crippen LogP contribution in [0.1, 0.15) is 0 Å². The van der Waals surface area contributed by atoms with Crippen molar-refractivity contribution in [3.63, 3.8) is 0 Å². The van der Waals surface area contributed by atoms with Crippen LogP contribution in [0.2, 0.25) is 0 Å². The van der Waals surface area contributed by atoms with E-state index in [1.54, 1.807) is 0 Å². The molecule has 0 spiro atoms. The molecule has 0 aromatic heterocycles. The number of hydrogen-bond acceptors (Lipinski definition) is 3. The molecule has 0 fully saturated rings. The van der Waals surface area contributed by atoms with Crippen molar-refractivity contribution in [2.75, 3.05) is 0 Å². The van der Waals surface area contributed by atoms with Crippen LogP contribution in [0.25, 0.3) is 0 Å². The van der Waals surface area contributed by atoms with Crippen LogP contribution in [-0.4, -0.2) is 0 Å². The summed E-state index contributed by atoms with van der Waals surface area (Å²) in [6.45, 7) is 0. The Morgan fingerprint density at radius 2 is 1.17 bits per heavy atom. The molecule has 3 nitrogen and oxygen atoms in total. The van der Waals surface area contributed by atoms with Crippen molar-refractivity contribution in [1.29, 1.82) is 0 Å². The van der Waals surface area contributed by atoms with Crippen LogP contribution < -0.4 is 14.9 Å². The minimum atomic E-state index is -2.76. The van der Waals surface area contributed by atoms with Crippen LogP contribution in [0.5, 0.6) is 0 Å². The normalized spacial score (nSPS) is 12.7. The molecule has 0 aliphatic heterocycles. The zero-order chi connectivity index (χ0) is 4.50. The first kappa shape index (κ1) is 10.2. The molecule has 7 N–H and O–H groups in total. The fourth-order valence-electron chi connectivity index (χ4n) is 0. The molecular weight excluding hydrogens is 219 g/mol. The second-order valence-corrected chi connectivity index (χ2v) is 7.93. The van der Waals surface area contributed by atoms with Gasteiger partial charge in [-0.3, -0.25) is 0 Å². The molecule has 0 aliphatic rings. The van der Waals surface area contributed by atoms with E-state index in [1.165, 1.54) is 0 Å². The average Bonchev–Trinajstić information content (AvgIpc) is 0.722. The van der Waals surface area contributed by atoms with Crippen molar-refractivity contribution in [1.82, 2.24) is 6.15 Å². The zero-order valence-electron chi connectivity index (χ0n) is 2.93. The summed E-state index contributed by atoms with van der Waals surface area (Å²) < 4.78 is 9.63.